The van der Waals surface area contributed by atoms with Crippen LogP contribution >= 0.6 is 0 Å². The standard InChI is InChI=1S/C12H23NO4/c1-3-5-14-7-9-16-11-12-17-10-8-15-6-4-13-2/h1,13H,4-12H2,2H3. The molecular formula is C12H23NO4. The van der Waals surface area contributed by atoms with Gasteiger partial charge < -0.3 is 24.3 Å². The van der Waals surface area contributed by atoms with Crippen LogP contribution in [-0.2, 0) is 18.9 Å². The highest BCUT2D eigenvalue weighted by Gasteiger charge is 1.91. The minimum Gasteiger partial charge on any atom is -0.378 e. The molecule has 0 aliphatic carbocycles. The maximum Gasteiger partial charge on any atom is 0.107 e. The van der Waals surface area contributed by atoms with E-state index in [4.69, 9.17) is 25.4 Å². The van der Waals surface area contributed by atoms with Crippen molar-refractivity contribution < 1.29 is 18.9 Å². The maximum absolute atomic E-state index is 5.30. The third-order valence-electron chi connectivity index (χ3n) is 1.80. The lowest BCUT2D eigenvalue weighted by atomic mass is 10.6. The monoisotopic (exact) mass is 245 g/mol. The summed E-state index contributed by atoms with van der Waals surface area (Å²) in [6, 6.07) is 0. The van der Waals surface area contributed by atoms with E-state index >= 15 is 0 Å². The smallest absolute Gasteiger partial charge is 0.107 e. The van der Waals surface area contributed by atoms with E-state index in [1.165, 1.54) is 0 Å². The van der Waals surface area contributed by atoms with E-state index in [-0.39, 0.29) is 0 Å². The zero-order valence-electron chi connectivity index (χ0n) is 10.6. The SMILES string of the molecule is C#CCOCCOCCOCCOCCNC. The van der Waals surface area contributed by atoms with Gasteiger partial charge in [-0.05, 0) is 7.05 Å². The quantitative estimate of drug-likeness (QED) is 0.363. The van der Waals surface area contributed by atoms with Gasteiger partial charge in [-0.2, -0.15) is 0 Å². The molecule has 0 bridgehead atoms. The molecule has 0 amide bonds. The maximum atomic E-state index is 5.30. The van der Waals surface area contributed by atoms with Gasteiger partial charge in [-0.1, -0.05) is 5.92 Å². The average Bonchev–Trinajstić information content (AvgIpc) is 2.35. The highest BCUT2D eigenvalue weighted by atomic mass is 16.6. The molecule has 0 aromatic carbocycles. The summed E-state index contributed by atoms with van der Waals surface area (Å²) in [5, 5.41) is 3.00. The zero-order valence-corrected chi connectivity index (χ0v) is 10.6. The molecule has 0 rings (SSSR count). The lowest BCUT2D eigenvalue weighted by Gasteiger charge is -2.06. The van der Waals surface area contributed by atoms with Gasteiger partial charge in [-0.3, -0.25) is 0 Å². The summed E-state index contributed by atoms with van der Waals surface area (Å²) in [4.78, 5) is 0. The van der Waals surface area contributed by atoms with E-state index in [0.717, 1.165) is 6.54 Å². The van der Waals surface area contributed by atoms with Crippen LogP contribution in [0.4, 0.5) is 0 Å². The second kappa shape index (κ2) is 15.4. The van der Waals surface area contributed by atoms with E-state index in [1.54, 1.807) is 0 Å². The Balaban J connectivity index is 2.87. The summed E-state index contributed by atoms with van der Waals surface area (Å²) in [6.45, 7) is 5.34. The van der Waals surface area contributed by atoms with Crippen LogP contribution < -0.4 is 5.32 Å². The van der Waals surface area contributed by atoms with Gasteiger partial charge in [0.1, 0.15) is 6.61 Å². The van der Waals surface area contributed by atoms with E-state index in [1.807, 2.05) is 7.05 Å². The Morgan fingerprint density at radius 1 is 0.824 bits per heavy atom. The molecule has 0 spiro atoms. The van der Waals surface area contributed by atoms with Crippen molar-refractivity contribution in [2.24, 2.45) is 0 Å². The number of hydrogen-bond donors (Lipinski definition) is 1. The lowest BCUT2D eigenvalue weighted by molar-refractivity contribution is 0.00182. The van der Waals surface area contributed by atoms with Gasteiger partial charge in [-0.25, -0.2) is 0 Å². The van der Waals surface area contributed by atoms with Gasteiger partial charge in [0, 0.05) is 6.54 Å². The Bertz CT molecular complexity index is 182. The molecule has 5 nitrogen and oxygen atoms in total. The van der Waals surface area contributed by atoms with Gasteiger partial charge in [0.15, 0.2) is 0 Å². The highest BCUT2D eigenvalue weighted by molar-refractivity contribution is 4.82. The molecular weight excluding hydrogens is 222 g/mol. The zero-order chi connectivity index (χ0) is 12.6. The summed E-state index contributed by atoms with van der Waals surface area (Å²) in [5.74, 6) is 2.39. The second-order valence-electron chi connectivity index (χ2n) is 3.20. The Morgan fingerprint density at radius 2 is 1.29 bits per heavy atom. The van der Waals surface area contributed by atoms with Crippen molar-refractivity contribution in [1.29, 1.82) is 0 Å². The van der Waals surface area contributed by atoms with Crippen LogP contribution in [0.5, 0.6) is 0 Å². The number of hydrogen-bond acceptors (Lipinski definition) is 5. The van der Waals surface area contributed by atoms with Gasteiger partial charge >= 0.3 is 0 Å². The van der Waals surface area contributed by atoms with Gasteiger partial charge in [0.25, 0.3) is 0 Å². The third-order valence-corrected chi connectivity index (χ3v) is 1.80. The summed E-state index contributed by atoms with van der Waals surface area (Å²) in [7, 11) is 1.89. The molecule has 0 aliphatic rings. The Morgan fingerprint density at radius 3 is 1.76 bits per heavy atom. The fraction of sp³-hybridized carbons (Fsp3) is 0.833. The fourth-order valence-electron chi connectivity index (χ4n) is 0.965. The van der Waals surface area contributed by atoms with Crippen molar-refractivity contribution in [2.45, 2.75) is 0 Å². The van der Waals surface area contributed by atoms with Gasteiger partial charge in [0.05, 0.1) is 46.2 Å². The molecule has 0 saturated carbocycles. The van der Waals surface area contributed by atoms with E-state index < -0.39 is 0 Å². The molecule has 0 aromatic heterocycles. The number of terminal acetylenes is 1. The Hall–Kier alpha value is -0.640. The Labute approximate surface area is 104 Å². The molecule has 0 unspecified atom stereocenters. The van der Waals surface area contributed by atoms with E-state index in [0.29, 0.717) is 52.9 Å². The summed E-state index contributed by atoms with van der Waals surface area (Å²) in [5.41, 5.74) is 0. The molecule has 0 fully saturated rings. The fourth-order valence-corrected chi connectivity index (χ4v) is 0.965. The van der Waals surface area contributed by atoms with Crippen LogP contribution in [0.2, 0.25) is 0 Å². The first-order chi connectivity index (χ1) is 8.41. The van der Waals surface area contributed by atoms with Crippen molar-refractivity contribution in [3.05, 3.63) is 0 Å². The Kier molecular flexibility index (Phi) is 14.8. The predicted molar refractivity (Wildman–Crippen MR) is 66.0 cm³/mol. The highest BCUT2D eigenvalue weighted by Crippen LogP contribution is 1.82. The molecule has 0 atom stereocenters. The summed E-state index contributed by atoms with van der Waals surface area (Å²) in [6.07, 6.45) is 5.02. The molecule has 17 heavy (non-hydrogen) atoms. The van der Waals surface area contributed by atoms with Crippen LogP contribution in [0.15, 0.2) is 0 Å². The lowest BCUT2D eigenvalue weighted by Crippen LogP contribution is -2.17. The van der Waals surface area contributed by atoms with E-state index in [9.17, 15) is 0 Å². The second-order valence-corrected chi connectivity index (χ2v) is 3.20. The van der Waals surface area contributed by atoms with Crippen molar-refractivity contribution >= 4 is 0 Å². The van der Waals surface area contributed by atoms with Crippen LogP contribution in [0, 0.1) is 12.3 Å². The minimum atomic E-state index is 0.337. The van der Waals surface area contributed by atoms with E-state index in [2.05, 4.69) is 11.2 Å². The van der Waals surface area contributed by atoms with Crippen molar-refractivity contribution in [1.82, 2.24) is 5.32 Å². The first-order valence-corrected chi connectivity index (χ1v) is 5.81. The molecule has 0 aromatic rings. The van der Waals surface area contributed by atoms with Crippen molar-refractivity contribution in [3.8, 4) is 12.3 Å². The summed E-state index contributed by atoms with van der Waals surface area (Å²) < 4.78 is 20.9. The van der Waals surface area contributed by atoms with Crippen LogP contribution in [0.25, 0.3) is 0 Å². The molecule has 0 saturated heterocycles. The molecule has 5 heteroatoms. The number of likely N-dealkylation sites (N-methyl/N-ethyl adjacent to an activating group) is 1. The molecule has 0 heterocycles. The average molecular weight is 245 g/mol. The van der Waals surface area contributed by atoms with Crippen LogP contribution in [0.3, 0.4) is 0 Å². The number of ether oxygens (including phenoxy) is 4. The molecule has 0 radical (unpaired) electrons. The predicted octanol–water partition coefficient (Wildman–Crippen LogP) is -0.0946. The number of nitrogens with one attached hydrogen (secondary N) is 1. The van der Waals surface area contributed by atoms with Gasteiger partial charge in [0.2, 0.25) is 0 Å². The third kappa shape index (κ3) is 15.4. The van der Waals surface area contributed by atoms with Crippen molar-refractivity contribution in [2.75, 3.05) is 66.4 Å². The topological polar surface area (TPSA) is 49.0 Å². The molecule has 100 valence electrons. The minimum absolute atomic E-state index is 0.337. The first-order valence-electron chi connectivity index (χ1n) is 5.81. The molecule has 0 aliphatic heterocycles. The summed E-state index contributed by atoms with van der Waals surface area (Å²) >= 11 is 0. The number of rotatable bonds is 13. The van der Waals surface area contributed by atoms with Crippen molar-refractivity contribution in [3.63, 3.8) is 0 Å². The largest absolute Gasteiger partial charge is 0.378 e. The first kappa shape index (κ1) is 16.4. The van der Waals surface area contributed by atoms with Gasteiger partial charge in [-0.15, -0.1) is 6.42 Å². The molecule has 1 N–H and O–H groups in total. The van der Waals surface area contributed by atoms with Crippen LogP contribution in [-0.4, -0.2) is 66.4 Å². The van der Waals surface area contributed by atoms with Crippen LogP contribution in [0.1, 0.15) is 0 Å². The normalized spacial score (nSPS) is 10.4.